The Morgan fingerprint density at radius 2 is 1.95 bits per heavy atom. The molecule has 6 heteroatoms. The Labute approximate surface area is 114 Å². The third-order valence-corrected chi connectivity index (χ3v) is 2.72. The van der Waals surface area contributed by atoms with Crippen molar-refractivity contribution in [3.63, 3.8) is 0 Å². The first kappa shape index (κ1) is 13.5. The van der Waals surface area contributed by atoms with Gasteiger partial charge < -0.3 is 9.84 Å². The summed E-state index contributed by atoms with van der Waals surface area (Å²) in [7, 11) is 0. The van der Waals surface area contributed by atoms with Gasteiger partial charge in [-0.3, -0.25) is 10.1 Å². The SMILES string of the molecule is Cc1ccccc1Oc1ccc([N+](=O)[O-])c(C(=O)O)c1. The van der Waals surface area contributed by atoms with Crippen LogP contribution in [0.4, 0.5) is 5.69 Å². The highest BCUT2D eigenvalue weighted by molar-refractivity contribution is 5.92. The van der Waals surface area contributed by atoms with Crippen LogP contribution in [0.3, 0.4) is 0 Å². The third-order valence-electron chi connectivity index (χ3n) is 2.72. The van der Waals surface area contributed by atoms with Crippen LogP contribution in [0.2, 0.25) is 0 Å². The zero-order valence-electron chi connectivity index (χ0n) is 10.6. The number of benzene rings is 2. The summed E-state index contributed by atoms with van der Waals surface area (Å²) in [4.78, 5) is 21.1. The van der Waals surface area contributed by atoms with E-state index in [2.05, 4.69) is 0 Å². The molecule has 2 rings (SSSR count). The zero-order valence-corrected chi connectivity index (χ0v) is 10.6. The minimum absolute atomic E-state index is 0.238. The van der Waals surface area contributed by atoms with E-state index in [0.29, 0.717) is 5.75 Å². The summed E-state index contributed by atoms with van der Waals surface area (Å²) in [5.74, 6) is -0.563. The summed E-state index contributed by atoms with van der Waals surface area (Å²) in [5, 5.41) is 19.8. The maximum Gasteiger partial charge on any atom is 0.342 e. The molecule has 0 saturated carbocycles. The lowest BCUT2D eigenvalue weighted by atomic mass is 10.1. The predicted molar refractivity (Wildman–Crippen MR) is 71.3 cm³/mol. The van der Waals surface area contributed by atoms with E-state index in [-0.39, 0.29) is 5.75 Å². The van der Waals surface area contributed by atoms with Gasteiger partial charge in [0.15, 0.2) is 0 Å². The van der Waals surface area contributed by atoms with E-state index < -0.39 is 22.1 Å². The highest BCUT2D eigenvalue weighted by atomic mass is 16.6. The second-order valence-electron chi connectivity index (χ2n) is 4.11. The molecule has 0 unspecified atom stereocenters. The molecule has 0 aliphatic rings. The minimum Gasteiger partial charge on any atom is -0.477 e. The van der Waals surface area contributed by atoms with Crippen molar-refractivity contribution in [3.8, 4) is 11.5 Å². The number of nitro benzene ring substituents is 1. The molecule has 0 amide bonds. The molecule has 0 radical (unpaired) electrons. The average Bonchev–Trinajstić information content (AvgIpc) is 2.41. The quantitative estimate of drug-likeness (QED) is 0.681. The summed E-state index contributed by atoms with van der Waals surface area (Å²) < 4.78 is 5.55. The van der Waals surface area contributed by atoms with E-state index in [1.54, 1.807) is 12.1 Å². The number of hydrogen-bond donors (Lipinski definition) is 1. The third kappa shape index (κ3) is 2.74. The Bertz CT molecular complexity index is 681. The Morgan fingerprint density at radius 1 is 1.25 bits per heavy atom. The summed E-state index contributed by atoms with van der Waals surface area (Å²) >= 11 is 0. The number of carboxylic acid groups (broad SMARTS) is 1. The topological polar surface area (TPSA) is 89.7 Å². The lowest BCUT2D eigenvalue weighted by Crippen LogP contribution is -2.03. The molecule has 0 spiro atoms. The van der Waals surface area contributed by atoms with E-state index in [1.807, 2.05) is 19.1 Å². The van der Waals surface area contributed by atoms with E-state index in [0.717, 1.165) is 17.7 Å². The summed E-state index contributed by atoms with van der Waals surface area (Å²) in [6, 6.07) is 10.9. The van der Waals surface area contributed by atoms with Crippen molar-refractivity contribution in [2.75, 3.05) is 0 Å². The Hall–Kier alpha value is -2.89. The van der Waals surface area contributed by atoms with Gasteiger partial charge >= 0.3 is 5.97 Å². The largest absolute Gasteiger partial charge is 0.477 e. The molecule has 1 N–H and O–H groups in total. The highest BCUT2D eigenvalue weighted by Gasteiger charge is 2.20. The number of rotatable bonds is 4. The van der Waals surface area contributed by atoms with Gasteiger partial charge in [0.2, 0.25) is 0 Å². The molecule has 0 aliphatic heterocycles. The number of para-hydroxylation sites is 1. The number of nitrogens with zero attached hydrogens (tertiary/aromatic N) is 1. The van der Waals surface area contributed by atoms with Gasteiger partial charge in [0, 0.05) is 12.1 Å². The van der Waals surface area contributed by atoms with E-state index in [1.165, 1.54) is 6.07 Å². The summed E-state index contributed by atoms with van der Waals surface area (Å²) in [5.41, 5.74) is 0.0124. The molecular weight excluding hydrogens is 262 g/mol. The van der Waals surface area contributed by atoms with Gasteiger partial charge in [-0.15, -0.1) is 0 Å². The second-order valence-corrected chi connectivity index (χ2v) is 4.11. The van der Waals surface area contributed by atoms with Gasteiger partial charge in [0.1, 0.15) is 17.1 Å². The smallest absolute Gasteiger partial charge is 0.342 e. The fourth-order valence-corrected chi connectivity index (χ4v) is 1.71. The van der Waals surface area contributed by atoms with Gasteiger partial charge in [0.25, 0.3) is 5.69 Å². The normalized spacial score (nSPS) is 10.1. The van der Waals surface area contributed by atoms with E-state index in [9.17, 15) is 14.9 Å². The second kappa shape index (κ2) is 5.40. The monoisotopic (exact) mass is 273 g/mol. The van der Waals surface area contributed by atoms with Crippen molar-refractivity contribution in [2.24, 2.45) is 0 Å². The Morgan fingerprint density at radius 3 is 2.55 bits per heavy atom. The number of ether oxygens (including phenoxy) is 1. The number of hydrogen-bond acceptors (Lipinski definition) is 4. The van der Waals surface area contributed by atoms with Gasteiger partial charge in [0.05, 0.1) is 4.92 Å². The zero-order chi connectivity index (χ0) is 14.7. The molecule has 0 atom stereocenters. The number of carbonyl (C=O) groups is 1. The molecular formula is C14H11NO5. The molecule has 20 heavy (non-hydrogen) atoms. The molecule has 102 valence electrons. The molecule has 2 aromatic carbocycles. The van der Waals surface area contributed by atoms with Crippen LogP contribution in [-0.2, 0) is 0 Å². The van der Waals surface area contributed by atoms with Gasteiger partial charge in [-0.05, 0) is 24.6 Å². The number of nitro groups is 1. The number of aryl methyl sites for hydroxylation is 1. The van der Waals surface area contributed by atoms with Gasteiger partial charge in [-0.2, -0.15) is 0 Å². The van der Waals surface area contributed by atoms with Crippen molar-refractivity contribution in [2.45, 2.75) is 6.92 Å². The fraction of sp³-hybridized carbons (Fsp3) is 0.0714. The van der Waals surface area contributed by atoms with Crippen LogP contribution in [0, 0.1) is 17.0 Å². The van der Waals surface area contributed by atoms with Crippen molar-refractivity contribution < 1.29 is 19.6 Å². The Kier molecular flexibility index (Phi) is 3.65. The molecule has 0 aliphatic carbocycles. The van der Waals surface area contributed by atoms with Gasteiger partial charge in [-0.1, -0.05) is 18.2 Å². The summed E-state index contributed by atoms with van der Waals surface area (Å²) in [6.45, 7) is 1.85. The first-order valence-electron chi connectivity index (χ1n) is 5.74. The molecule has 0 aromatic heterocycles. The molecule has 2 aromatic rings. The van der Waals surface area contributed by atoms with Crippen LogP contribution in [0.1, 0.15) is 15.9 Å². The maximum absolute atomic E-state index is 11.0. The van der Waals surface area contributed by atoms with Crippen LogP contribution >= 0.6 is 0 Å². The first-order valence-corrected chi connectivity index (χ1v) is 5.74. The molecule has 0 fully saturated rings. The average molecular weight is 273 g/mol. The van der Waals surface area contributed by atoms with Crippen LogP contribution in [0.15, 0.2) is 42.5 Å². The minimum atomic E-state index is -1.37. The lowest BCUT2D eigenvalue weighted by Gasteiger charge is -2.09. The highest BCUT2D eigenvalue weighted by Crippen LogP contribution is 2.29. The molecule has 0 heterocycles. The molecule has 0 saturated heterocycles. The first-order chi connectivity index (χ1) is 9.49. The van der Waals surface area contributed by atoms with Crippen LogP contribution in [-0.4, -0.2) is 16.0 Å². The van der Waals surface area contributed by atoms with Crippen molar-refractivity contribution >= 4 is 11.7 Å². The van der Waals surface area contributed by atoms with E-state index >= 15 is 0 Å². The number of aromatic carboxylic acids is 1. The standard InChI is InChI=1S/C14H11NO5/c1-9-4-2-3-5-13(9)20-10-6-7-12(15(18)19)11(8-10)14(16)17/h2-8H,1H3,(H,16,17). The summed E-state index contributed by atoms with van der Waals surface area (Å²) in [6.07, 6.45) is 0. The van der Waals surface area contributed by atoms with Crippen LogP contribution in [0.25, 0.3) is 0 Å². The van der Waals surface area contributed by atoms with Gasteiger partial charge in [-0.25, -0.2) is 4.79 Å². The lowest BCUT2D eigenvalue weighted by molar-refractivity contribution is -0.385. The molecule has 0 bridgehead atoms. The Balaban J connectivity index is 2.40. The van der Waals surface area contributed by atoms with Crippen molar-refractivity contribution in [1.82, 2.24) is 0 Å². The number of carboxylic acids is 1. The van der Waals surface area contributed by atoms with Crippen LogP contribution in [0.5, 0.6) is 11.5 Å². The van der Waals surface area contributed by atoms with Crippen LogP contribution < -0.4 is 4.74 Å². The fourth-order valence-electron chi connectivity index (χ4n) is 1.71. The van der Waals surface area contributed by atoms with E-state index in [4.69, 9.17) is 9.84 Å². The van der Waals surface area contributed by atoms with Crippen molar-refractivity contribution in [1.29, 1.82) is 0 Å². The van der Waals surface area contributed by atoms with Crippen molar-refractivity contribution in [3.05, 3.63) is 63.7 Å². The maximum atomic E-state index is 11.0. The molecule has 6 nitrogen and oxygen atoms in total. The predicted octanol–water partition coefficient (Wildman–Crippen LogP) is 3.39.